The standard InChI is InChI=1S/C21H14ClF3N2O4/c1-30-16-6-4-15(5-7-16)26-12-13-2-8-19(17(22)10-13)31-20-9-3-14(21(23,24)25)11-18(20)27(28)29/h2-12H,1H3. The molecule has 10 heteroatoms. The van der Waals surface area contributed by atoms with Gasteiger partial charge < -0.3 is 9.47 Å². The van der Waals surface area contributed by atoms with Crippen molar-refractivity contribution in [2.24, 2.45) is 4.99 Å². The van der Waals surface area contributed by atoms with Gasteiger partial charge in [0, 0.05) is 12.3 Å². The van der Waals surface area contributed by atoms with Crippen molar-refractivity contribution in [3.8, 4) is 17.2 Å². The second kappa shape index (κ2) is 9.05. The van der Waals surface area contributed by atoms with Crippen LogP contribution >= 0.6 is 11.6 Å². The summed E-state index contributed by atoms with van der Waals surface area (Å²) in [5.41, 5.74) is -0.675. The van der Waals surface area contributed by atoms with Crippen molar-refractivity contribution in [2.75, 3.05) is 7.11 Å². The normalized spacial score (nSPS) is 11.5. The van der Waals surface area contributed by atoms with E-state index in [9.17, 15) is 23.3 Å². The fourth-order valence-corrected chi connectivity index (χ4v) is 2.77. The van der Waals surface area contributed by atoms with Gasteiger partial charge in [0.25, 0.3) is 0 Å². The number of rotatable bonds is 6. The maximum Gasteiger partial charge on any atom is 0.416 e. The van der Waals surface area contributed by atoms with E-state index < -0.39 is 22.4 Å². The Morgan fingerprint density at radius 1 is 1.03 bits per heavy atom. The van der Waals surface area contributed by atoms with Crippen LogP contribution in [0.3, 0.4) is 0 Å². The summed E-state index contributed by atoms with van der Waals surface area (Å²) in [6.07, 6.45) is -3.16. The Kier molecular flexibility index (Phi) is 6.45. The summed E-state index contributed by atoms with van der Waals surface area (Å²) in [4.78, 5) is 14.5. The van der Waals surface area contributed by atoms with Gasteiger partial charge in [0.15, 0.2) is 0 Å². The molecule has 31 heavy (non-hydrogen) atoms. The Bertz CT molecular complexity index is 1130. The van der Waals surface area contributed by atoms with Crippen LogP contribution in [-0.4, -0.2) is 18.2 Å². The molecule has 0 spiro atoms. The predicted molar refractivity (Wildman–Crippen MR) is 110 cm³/mol. The van der Waals surface area contributed by atoms with Gasteiger partial charge in [-0.25, -0.2) is 0 Å². The van der Waals surface area contributed by atoms with E-state index in [1.807, 2.05) is 0 Å². The second-order valence-electron chi connectivity index (χ2n) is 6.19. The van der Waals surface area contributed by atoms with Gasteiger partial charge in [-0.2, -0.15) is 13.2 Å². The van der Waals surface area contributed by atoms with Gasteiger partial charge in [0.1, 0.15) is 11.5 Å². The number of halogens is 4. The minimum atomic E-state index is -4.72. The van der Waals surface area contributed by atoms with Crippen LogP contribution in [0.15, 0.2) is 65.7 Å². The summed E-state index contributed by atoms with van der Waals surface area (Å²) < 4.78 is 49.0. The van der Waals surface area contributed by atoms with Crippen molar-refractivity contribution < 1.29 is 27.6 Å². The van der Waals surface area contributed by atoms with Crippen LogP contribution in [0.1, 0.15) is 11.1 Å². The summed E-state index contributed by atoms with van der Waals surface area (Å²) in [5.74, 6) is 0.381. The van der Waals surface area contributed by atoms with Crippen LogP contribution in [-0.2, 0) is 6.18 Å². The van der Waals surface area contributed by atoms with Crippen molar-refractivity contribution in [1.82, 2.24) is 0 Å². The molecule has 0 saturated heterocycles. The van der Waals surface area contributed by atoms with E-state index >= 15 is 0 Å². The van der Waals surface area contributed by atoms with Gasteiger partial charge in [-0.3, -0.25) is 15.1 Å². The minimum absolute atomic E-state index is 0.0473. The van der Waals surface area contributed by atoms with Gasteiger partial charge in [-0.05, 0) is 60.2 Å². The zero-order valence-electron chi connectivity index (χ0n) is 15.9. The van der Waals surface area contributed by atoms with Gasteiger partial charge in [-0.1, -0.05) is 11.6 Å². The van der Waals surface area contributed by atoms with Crippen LogP contribution in [0.5, 0.6) is 17.2 Å². The molecule has 0 aliphatic rings. The molecule has 3 aromatic rings. The summed E-state index contributed by atoms with van der Waals surface area (Å²) in [5, 5.41) is 11.3. The van der Waals surface area contributed by atoms with Crippen LogP contribution < -0.4 is 9.47 Å². The summed E-state index contributed by atoms with van der Waals surface area (Å²) in [7, 11) is 1.56. The Balaban J connectivity index is 1.82. The Labute approximate surface area is 179 Å². The van der Waals surface area contributed by atoms with Gasteiger partial charge >= 0.3 is 11.9 Å². The molecular formula is C21H14ClF3N2O4. The lowest BCUT2D eigenvalue weighted by Crippen LogP contribution is -2.06. The maximum absolute atomic E-state index is 12.8. The van der Waals surface area contributed by atoms with E-state index in [1.165, 1.54) is 12.1 Å². The third-order valence-corrected chi connectivity index (χ3v) is 4.39. The lowest BCUT2D eigenvalue weighted by molar-refractivity contribution is -0.385. The lowest BCUT2D eigenvalue weighted by atomic mass is 10.2. The lowest BCUT2D eigenvalue weighted by Gasteiger charge is -2.11. The number of nitro groups is 1. The largest absolute Gasteiger partial charge is 0.497 e. The number of nitrogens with zero attached hydrogens (tertiary/aromatic N) is 2. The first-order chi connectivity index (χ1) is 14.7. The highest BCUT2D eigenvalue weighted by Crippen LogP contribution is 2.39. The molecule has 0 atom stereocenters. The molecule has 0 aliphatic heterocycles. The Morgan fingerprint density at radius 3 is 2.29 bits per heavy atom. The van der Waals surface area contributed by atoms with Crippen LogP contribution in [0.2, 0.25) is 5.02 Å². The molecule has 0 radical (unpaired) electrons. The smallest absolute Gasteiger partial charge is 0.416 e. The number of hydrogen-bond donors (Lipinski definition) is 0. The average molecular weight is 451 g/mol. The van der Waals surface area contributed by atoms with Gasteiger partial charge in [0.05, 0.1) is 28.3 Å². The molecule has 160 valence electrons. The molecule has 0 heterocycles. The number of ether oxygens (including phenoxy) is 2. The third-order valence-electron chi connectivity index (χ3n) is 4.09. The van der Waals surface area contributed by atoms with Crippen LogP contribution in [0.4, 0.5) is 24.5 Å². The molecule has 0 saturated carbocycles. The molecule has 0 amide bonds. The molecular weight excluding hydrogens is 437 g/mol. The monoisotopic (exact) mass is 450 g/mol. The van der Waals surface area contributed by atoms with Crippen molar-refractivity contribution in [2.45, 2.75) is 6.18 Å². The highest BCUT2D eigenvalue weighted by atomic mass is 35.5. The van der Waals surface area contributed by atoms with Crippen molar-refractivity contribution in [1.29, 1.82) is 0 Å². The summed E-state index contributed by atoms with van der Waals surface area (Å²) in [6.45, 7) is 0. The van der Waals surface area contributed by atoms with Crippen molar-refractivity contribution in [3.63, 3.8) is 0 Å². The number of nitro benzene ring substituents is 1. The van der Waals surface area contributed by atoms with E-state index in [4.69, 9.17) is 21.1 Å². The minimum Gasteiger partial charge on any atom is -0.497 e. The van der Waals surface area contributed by atoms with E-state index in [0.29, 0.717) is 29.1 Å². The molecule has 3 rings (SSSR count). The third kappa shape index (κ3) is 5.52. The summed E-state index contributed by atoms with van der Waals surface area (Å²) >= 11 is 6.18. The fourth-order valence-electron chi connectivity index (χ4n) is 2.54. The molecule has 0 bridgehead atoms. The first-order valence-corrected chi connectivity index (χ1v) is 9.06. The number of benzene rings is 3. The predicted octanol–water partition coefficient (Wildman–Crippen LogP) is 6.82. The molecule has 0 fully saturated rings. The zero-order valence-corrected chi connectivity index (χ0v) is 16.6. The van der Waals surface area contributed by atoms with Crippen molar-refractivity contribution >= 4 is 29.2 Å². The van der Waals surface area contributed by atoms with Gasteiger partial charge in [-0.15, -0.1) is 0 Å². The Morgan fingerprint density at radius 2 is 1.71 bits per heavy atom. The maximum atomic E-state index is 12.8. The van der Waals surface area contributed by atoms with Crippen LogP contribution in [0, 0.1) is 10.1 Å². The van der Waals surface area contributed by atoms with E-state index in [2.05, 4.69) is 4.99 Å². The SMILES string of the molecule is COc1ccc(N=Cc2ccc(Oc3ccc(C(F)(F)F)cc3[N+](=O)[O-])c(Cl)c2)cc1. The first kappa shape index (κ1) is 22.1. The fraction of sp³-hybridized carbons (Fsp3) is 0.0952. The number of alkyl halides is 3. The number of hydrogen-bond acceptors (Lipinski definition) is 5. The molecule has 0 aliphatic carbocycles. The quantitative estimate of drug-likeness (QED) is 0.234. The molecule has 3 aromatic carbocycles. The van der Waals surface area contributed by atoms with Crippen LogP contribution in [0.25, 0.3) is 0 Å². The second-order valence-corrected chi connectivity index (χ2v) is 6.59. The summed E-state index contributed by atoms with van der Waals surface area (Å²) in [6, 6.07) is 13.6. The molecule has 6 nitrogen and oxygen atoms in total. The van der Waals surface area contributed by atoms with E-state index in [1.54, 1.807) is 43.7 Å². The number of aliphatic imine (C=N–C) groups is 1. The first-order valence-electron chi connectivity index (χ1n) is 8.68. The van der Waals surface area contributed by atoms with E-state index in [-0.39, 0.29) is 16.5 Å². The van der Waals surface area contributed by atoms with Gasteiger partial charge in [0.2, 0.25) is 5.75 Å². The highest BCUT2D eigenvalue weighted by Gasteiger charge is 2.33. The Hall–Kier alpha value is -3.59. The topological polar surface area (TPSA) is 74.0 Å². The number of methoxy groups -OCH3 is 1. The zero-order chi connectivity index (χ0) is 22.6. The molecule has 0 aromatic heterocycles. The average Bonchev–Trinajstić information content (AvgIpc) is 2.73. The van der Waals surface area contributed by atoms with E-state index in [0.717, 1.165) is 6.07 Å². The van der Waals surface area contributed by atoms with Crippen molar-refractivity contribution in [3.05, 3.63) is 86.9 Å². The highest BCUT2D eigenvalue weighted by molar-refractivity contribution is 6.32. The molecule has 0 N–H and O–H groups in total. The molecule has 0 unspecified atom stereocenters.